The maximum absolute atomic E-state index is 13.2. The van der Waals surface area contributed by atoms with Crippen LogP contribution in [0.1, 0.15) is 24.8 Å². The van der Waals surface area contributed by atoms with Gasteiger partial charge in [0.15, 0.2) is 0 Å². The molecule has 5 heteroatoms. The van der Waals surface area contributed by atoms with Gasteiger partial charge in [-0.25, -0.2) is 4.39 Å². The van der Waals surface area contributed by atoms with Crippen molar-refractivity contribution in [2.45, 2.75) is 24.8 Å². The van der Waals surface area contributed by atoms with Crippen molar-refractivity contribution in [3.05, 3.63) is 35.6 Å². The lowest BCUT2D eigenvalue weighted by Crippen LogP contribution is -2.36. The molecule has 0 bridgehead atoms. The lowest BCUT2D eigenvalue weighted by Gasteiger charge is -2.18. The molecule has 0 saturated heterocycles. The van der Waals surface area contributed by atoms with Crippen LogP contribution in [0.4, 0.5) is 4.39 Å². The quantitative estimate of drug-likeness (QED) is 0.868. The predicted octanol–water partition coefficient (Wildman–Crippen LogP) is 1.65. The molecule has 4 nitrogen and oxygen atoms in total. The van der Waals surface area contributed by atoms with Gasteiger partial charge in [-0.15, -0.1) is 0 Å². The molecule has 1 aromatic carbocycles. The van der Waals surface area contributed by atoms with Gasteiger partial charge in [-0.1, -0.05) is 12.1 Å². The lowest BCUT2D eigenvalue weighted by atomic mass is 10.0. The highest BCUT2D eigenvalue weighted by Crippen LogP contribution is 2.47. The molecule has 2 atom stereocenters. The number of halogens is 1. The van der Waals surface area contributed by atoms with Crippen LogP contribution in [0.15, 0.2) is 24.3 Å². The van der Waals surface area contributed by atoms with Gasteiger partial charge < -0.3 is 10.4 Å². The molecular formula is C14H14FNO3. The number of carboxylic acid groups (broad SMARTS) is 1. The molecule has 0 aliphatic heterocycles. The molecule has 3 rings (SSSR count). The van der Waals surface area contributed by atoms with Gasteiger partial charge in [0.05, 0.1) is 17.4 Å². The molecule has 2 aliphatic rings. The summed E-state index contributed by atoms with van der Waals surface area (Å²) in [6.07, 6.45) is 1.94. The zero-order valence-electron chi connectivity index (χ0n) is 10.2. The summed E-state index contributed by atoms with van der Waals surface area (Å²) in [6, 6.07) is 6.20. The largest absolute Gasteiger partial charge is 0.481 e. The highest BCUT2D eigenvalue weighted by Gasteiger charge is 2.53. The van der Waals surface area contributed by atoms with Crippen LogP contribution >= 0.6 is 0 Å². The van der Waals surface area contributed by atoms with Crippen LogP contribution in [0.25, 0.3) is 0 Å². The SMILES string of the molecule is O=C(O)[C@H]1C[C@H]1C(=O)NC1(c2cccc(F)c2)CC1. The fraction of sp³-hybridized carbons (Fsp3) is 0.429. The summed E-state index contributed by atoms with van der Waals surface area (Å²) in [5.74, 6) is -2.45. The van der Waals surface area contributed by atoms with E-state index in [0.29, 0.717) is 6.42 Å². The summed E-state index contributed by atoms with van der Waals surface area (Å²) in [6.45, 7) is 0. The van der Waals surface area contributed by atoms with Crippen molar-refractivity contribution in [2.24, 2.45) is 11.8 Å². The molecule has 100 valence electrons. The van der Waals surface area contributed by atoms with Gasteiger partial charge in [-0.3, -0.25) is 9.59 Å². The molecule has 0 unspecified atom stereocenters. The first kappa shape index (κ1) is 12.1. The monoisotopic (exact) mass is 263 g/mol. The molecule has 19 heavy (non-hydrogen) atoms. The number of rotatable bonds is 4. The zero-order valence-corrected chi connectivity index (χ0v) is 10.2. The van der Waals surface area contributed by atoms with Gasteiger partial charge >= 0.3 is 5.97 Å². The van der Waals surface area contributed by atoms with Crippen molar-refractivity contribution in [2.75, 3.05) is 0 Å². The number of carboxylic acids is 1. The van der Waals surface area contributed by atoms with Gasteiger partial charge in [0, 0.05) is 0 Å². The van der Waals surface area contributed by atoms with Gasteiger partial charge in [0.2, 0.25) is 5.91 Å². The Morgan fingerprint density at radius 3 is 2.58 bits per heavy atom. The fourth-order valence-corrected chi connectivity index (χ4v) is 2.48. The van der Waals surface area contributed by atoms with Gasteiger partial charge in [-0.2, -0.15) is 0 Å². The molecule has 2 saturated carbocycles. The van der Waals surface area contributed by atoms with Crippen LogP contribution in [0, 0.1) is 17.7 Å². The summed E-state index contributed by atoms with van der Waals surface area (Å²) in [5, 5.41) is 11.7. The predicted molar refractivity (Wildman–Crippen MR) is 64.7 cm³/mol. The standard InChI is InChI=1S/C14H14FNO3/c15-9-3-1-2-8(6-9)14(4-5-14)16-12(17)10-7-11(10)13(18)19/h1-3,6,10-11H,4-5,7H2,(H,16,17)(H,18,19)/t10-,11+/m1/s1. The van der Waals surface area contributed by atoms with Crippen LogP contribution in [0.2, 0.25) is 0 Å². The van der Waals surface area contributed by atoms with Crippen molar-refractivity contribution < 1.29 is 19.1 Å². The topological polar surface area (TPSA) is 66.4 Å². The Morgan fingerprint density at radius 2 is 2.05 bits per heavy atom. The summed E-state index contributed by atoms with van der Waals surface area (Å²) < 4.78 is 13.2. The minimum atomic E-state index is -0.921. The van der Waals surface area contributed by atoms with E-state index in [1.807, 2.05) is 0 Å². The number of aliphatic carboxylic acids is 1. The number of benzene rings is 1. The fourth-order valence-electron chi connectivity index (χ4n) is 2.48. The summed E-state index contributed by atoms with van der Waals surface area (Å²) >= 11 is 0. The van der Waals surface area contributed by atoms with Crippen LogP contribution in [0.3, 0.4) is 0 Å². The number of amides is 1. The molecule has 2 fully saturated rings. The highest BCUT2D eigenvalue weighted by molar-refractivity contribution is 5.90. The van der Waals surface area contributed by atoms with E-state index in [4.69, 9.17) is 5.11 Å². The second-order valence-electron chi connectivity index (χ2n) is 5.37. The van der Waals surface area contributed by atoms with E-state index in [2.05, 4.69) is 5.32 Å². The molecular weight excluding hydrogens is 249 g/mol. The summed E-state index contributed by atoms with van der Waals surface area (Å²) in [4.78, 5) is 22.7. The molecule has 0 radical (unpaired) electrons. The smallest absolute Gasteiger partial charge is 0.307 e. The average molecular weight is 263 g/mol. The van der Waals surface area contributed by atoms with E-state index in [9.17, 15) is 14.0 Å². The normalized spacial score (nSPS) is 26.6. The maximum Gasteiger partial charge on any atom is 0.307 e. The third-order valence-electron chi connectivity index (χ3n) is 3.93. The van der Waals surface area contributed by atoms with Crippen molar-refractivity contribution in [3.63, 3.8) is 0 Å². The van der Waals surface area contributed by atoms with Crippen LogP contribution in [-0.4, -0.2) is 17.0 Å². The molecule has 1 aromatic rings. The van der Waals surface area contributed by atoms with Crippen molar-refractivity contribution in [1.82, 2.24) is 5.32 Å². The second-order valence-corrected chi connectivity index (χ2v) is 5.37. The molecule has 2 N–H and O–H groups in total. The minimum absolute atomic E-state index is 0.228. The minimum Gasteiger partial charge on any atom is -0.481 e. The Bertz CT molecular complexity index is 553. The molecule has 1 amide bonds. The van der Waals surface area contributed by atoms with E-state index < -0.39 is 23.3 Å². The van der Waals surface area contributed by atoms with Crippen LogP contribution < -0.4 is 5.32 Å². The van der Waals surface area contributed by atoms with E-state index in [-0.39, 0.29) is 11.7 Å². The van der Waals surface area contributed by atoms with E-state index >= 15 is 0 Å². The van der Waals surface area contributed by atoms with Crippen molar-refractivity contribution in [3.8, 4) is 0 Å². The number of hydrogen-bond acceptors (Lipinski definition) is 2. The summed E-state index contributed by atoms with van der Waals surface area (Å²) in [7, 11) is 0. The number of nitrogens with one attached hydrogen (secondary N) is 1. The van der Waals surface area contributed by atoms with Crippen molar-refractivity contribution >= 4 is 11.9 Å². The van der Waals surface area contributed by atoms with Crippen molar-refractivity contribution in [1.29, 1.82) is 0 Å². The number of carbonyl (C=O) groups is 2. The molecule has 0 heterocycles. The Labute approximate surface area is 109 Å². The Balaban J connectivity index is 1.70. The second kappa shape index (κ2) is 4.05. The van der Waals surface area contributed by atoms with E-state index in [1.165, 1.54) is 12.1 Å². The van der Waals surface area contributed by atoms with Gasteiger partial charge in [-0.05, 0) is 37.0 Å². The molecule has 0 aromatic heterocycles. The Hall–Kier alpha value is -1.91. The van der Waals surface area contributed by atoms with Crippen LogP contribution in [-0.2, 0) is 15.1 Å². The Kier molecular flexibility index (Phi) is 2.59. The number of carbonyl (C=O) groups excluding carboxylic acids is 1. The molecule has 0 spiro atoms. The number of hydrogen-bond donors (Lipinski definition) is 2. The van der Waals surface area contributed by atoms with E-state index in [0.717, 1.165) is 18.4 Å². The first-order chi connectivity index (χ1) is 9.02. The third kappa shape index (κ3) is 2.20. The average Bonchev–Trinajstić information content (AvgIpc) is 3.23. The first-order valence-corrected chi connectivity index (χ1v) is 6.33. The van der Waals surface area contributed by atoms with Crippen LogP contribution in [0.5, 0.6) is 0 Å². The van der Waals surface area contributed by atoms with Gasteiger partial charge in [0.25, 0.3) is 0 Å². The lowest BCUT2D eigenvalue weighted by molar-refractivity contribution is -0.140. The third-order valence-corrected chi connectivity index (χ3v) is 3.93. The Morgan fingerprint density at radius 1 is 1.32 bits per heavy atom. The maximum atomic E-state index is 13.2. The zero-order chi connectivity index (χ0) is 13.6. The van der Waals surface area contributed by atoms with Gasteiger partial charge in [0.1, 0.15) is 5.82 Å². The molecule has 2 aliphatic carbocycles. The first-order valence-electron chi connectivity index (χ1n) is 6.33. The summed E-state index contributed by atoms with van der Waals surface area (Å²) in [5.41, 5.74) is 0.276. The highest BCUT2D eigenvalue weighted by atomic mass is 19.1. The van der Waals surface area contributed by atoms with E-state index in [1.54, 1.807) is 12.1 Å².